The van der Waals surface area contributed by atoms with Crippen LogP contribution in [-0.4, -0.2) is 5.75 Å². The number of rotatable bonds is 7. The number of hydrogen-bond acceptors (Lipinski definition) is 1. The molecule has 0 atom stereocenters. The molecule has 96 valence electrons. The number of halogens is 3. The molecule has 0 aliphatic carbocycles. The van der Waals surface area contributed by atoms with Gasteiger partial charge in [0.05, 0.1) is 15.1 Å². The third-order valence-corrected chi connectivity index (χ3v) is 4.77. The molecule has 1 rings (SSSR count). The first-order valence-corrected chi connectivity index (χ1v) is 8.04. The predicted octanol–water partition coefficient (Wildman–Crippen LogP) is 6.71. The molecule has 4 heteroatoms. The molecule has 0 saturated heterocycles. The molecule has 0 aliphatic heterocycles. The van der Waals surface area contributed by atoms with Gasteiger partial charge in [-0.05, 0) is 24.3 Å². The molecule has 0 saturated carbocycles. The van der Waals surface area contributed by atoms with Crippen LogP contribution in [0.1, 0.15) is 39.0 Å². The van der Waals surface area contributed by atoms with E-state index in [9.17, 15) is 0 Å². The molecule has 0 heterocycles. The number of thioether (sulfide) groups is 1. The second-order valence-corrected chi connectivity index (χ2v) is 6.32. The molecule has 0 fully saturated rings. The van der Waals surface area contributed by atoms with Crippen molar-refractivity contribution in [1.29, 1.82) is 0 Å². The summed E-state index contributed by atoms with van der Waals surface area (Å²) >= 11 is 19.7. The van der Waals surface area contributed by atoms with Crippen LogP contribution in [0, 0.1) is 0 Å². The van der Waals surface area contributed by atoms with E-state index >= 15 is 0 Å². The predicted molar refractivity (Wildman–Crippen MR) is 81.0 cm³/mol. The van der Waals surface area contributed by atoms with Gasteiger partial charge < -0.3 is 0 Å². The van der Waals surface area contributed by atoms with Gasteiger partial charge in [-0.2, -0.15) is 0 Å². The standard InChI is InChI=1S/C13H17Cl3S/c1-2-3-4-5-6-7-17-13-9-11(15)10(14)8-12(13)16/h8-9H,2-7H2,1H3. The van der Waals surface area contributed by atoms with E-state index in [4.69, 9.17) is 34.8 Å². The molecule has 1 aromatic rings. The lowest BCUT2D eigenvalue weighted by atomic mass is 10.2. The van der Waals surface area contributed by atoms with Crippen LogP contribution in [0.15, 0.2) is 17.0 Å². The van der Waals surface area contributed by atoms with Crippen molar-refractivity contribution in [2.24, 2.45) is 0 Å². The van der Waals surface area contributed by atoms with Gasteiger partial charge in [-0.15, -0.1) is 11.8 Å². The smallest absolute Gasteiger partial charge is 0.0607 e. The monoisotopic (exact) mass is 310 g/mol. The molecule has 0 nitrogen and oxygen atoms in total. The molecule has 1 aromatic carbocycles. The average Bonchev–Trinajstić information content (AvgIpc) is 2.30. The van der Waals surface area contributed by atoms with E-state index in [1.165, 1.54) is 32.1 Å². The van der Waals surface area contributed by atoms with Gasteiger partial charge in [0.2, 0.25) is 0 Å². The second kappa shape index (κ2) is 8.53. The highest BCUT2D eigenvalue weighted by atomic mass is 35.5. The summed E-state index contributed by atoms with van der Waals surface area (Å²) in [5.41, 5.74) is 0. The lowest BCUT2D eigenvalue weighted by molar-refractivity contribution is 0.659. The number of benzene rings is 1. The van der Waals surface area contributed by atoms with Crippen molar-refractivity contribution >= 4 is 46.6 Å². The lowest BCUT2D eigenvalue weighted by Crippen LogP contribution is -1.83. The zero-order valence-electron chi connectivity index (χ0n) is 9.94. The van der Waals surface area contributed by atoms with Crippen LogP contribution in [0.2, 0.25) is 15.1 Å². The van der Waals surface area contributed by atoms with Gasteiger partial charge in [-0.3, -0.25) is 0 Å². The fraction of sp³-hybridized carbons (Fsp3) is 0.538. The SMILES string of the molecule is CCCCCCCSc1cc(Cl)c(Cl)cc1Cl. The Hall–Kier alpha value is 0.440. The normalized spacial score (nSPS) is 10.8. The minimum atomic E-state index is 0.518. The van der Waals surface area contributed by atoms with Gasteiger partial charge >= 0.3 is 0 Å². The van der Waals surface area contributed by atoms with Gasteiger partial charge in [0, 0.05) is 4.90 Å². The minimum Gasteiger partial charge on any atom is -0.125 e. The molecule has 0 radical (unpaired) electrons. The largest absolute Gasteiger partial charge is 0.125 e. The Balaban J connectivity index is 2.34. The van der Waals surface area contributed by atoms with E-state index in [2.05, 4.69) is 6.92 Å². The Bertz CT molecular complexity index is 353. The summed E-state index contributed by atoms with van der Waals surface area (Å²) in [6.07, 6.45) is 6.46. The lowest BCUT2D eigenvalue weighted by Gasteiger charge is -2.06. The Labute approximate surface area is 123 Å². The molecule has 0 unspecified atom stereocenters. The van der Waals surface area contributed by atoms with Crippen molar-refractivity contribution in [2.75, 3.05) is 5.75 Å². The van der Waals surface area contributed by atoms with Crippen LogP contribution >= 0.6 is 46.6 Å². The minimum absolute atomic E-state index is 0.518. The van der Waals surface area contributed by atoms with Crippen molar-refractivity contribution < 1.29 is 0 Å². The van der Waals surface area contributed by atoms with Crippen LogP contribution < -0.4 is 0 Å². The first-order chi connectivity index (χ1) is 8.15. The zero-order valence-corrected chi connectivity index (χ0v) is 13.0. The molecular weight excluding hydrogens is 295 g/mol. The Kier molecular flexibility index (Phi) is 7.77. The van der Waals surface area contributed by atoms with E-state index in [-0.39, 0.29) is 0 Å². The van der Waals surface area contributed by atoms with Gasteiger partial charge in [0.1, 0.15) is 0 Å². The van der Waals surface area contributed by atoms with E-state index in [1.54, 1.807) is 17.8 Å². The van der Waals surface area contributed by atoms with Crippen LogP contribution in [0.25, 0.3) is 0 Å². The summed E-state index contributed by atoms with van der Waals surface area (Å²) < 4.78 is 0. The first kappa shape index (κ1) is 15.5. The summed E-state index contributed by atoms with van der Waals surface area (Å²) in [4.78, 5) is 1.02. The van der Waals surface area contributed by atoms with Crippen molar-refractivity contribution in [2.45, 2.75) is 43.9 Å². The van der Waals surface area contributed by atoms with Crippen molar-refractivity contribution in [1.82, 2.24) is 0 Å². The molecule has 0 spiro atoms. The van der Waals surface area contributed by atoms with E-state index < -0.39 is 0 Å². The molecule has 0 N–H and O–H groups in total. The van der Waals surface area contributed by atoms with Crippen molar-refractivity contribution in [3.63, 3.8) is 0 Å². The number of hydrogen-bond donors (Lipinski definition) is 0. The maximum absolute atomic E-state index is 6.10. The molecule has 0 amide bonds. The van der Waals surface area contributed by atoms with Gasteiger partial charge in [-0.1, -0.05) is 67.4 Å². The van der Waals surface area contributed by atoms with Crippen LogP contribution in [0.3, 0.4) is 0 Å². The second-order valence-electron chi connectivity index (χ2n) is 3.96. The van der Waals surface area contributed by atoms with Crippen LogP contribution in [0.5, 0.6) is 0 Å². The Morgan fingerprint density at radius 2 is 1.53 bits per heavy atom. The molecular formula is C13H17Cl3S. The molecule has 0 bridgehead atoms. The highest BCUT2D eigenvalue weighted by Crippen LogP contribution is 2.35. The third-order valence-electron chi connectivity index (χ3n) is 2.48. The Morgan fingerprint density at radius 3 is 2.24 bits per heavy atom. The summed E-state index contributed by atoms with van der Waals surface area (Å²) in [6, 6.07) is 3.56. The molecule has 17 heavy (non-hydrogen) atoms. The topological polar surface area (TPSA) is 0 Å². The highest BCUT2D eigenvalue weighted by molar-refractivity contribution is 7.99. The van der Waals surface area contributed by atoms with Gasteiger partial charge in [-0.25, -0.2) is 0 Å². The van der Waals surface area contributed by atoms with Crippen LogP contribution in [0.4, 0.5) is 0 Å². The molecule has 0 aromatic heterocycles. The fourth-order valence-electron chi connectivity index (χ4n) is 1.50. The third kappa shape index (κ3) is 5.74. The van der Waals surface area contributed by atoms with Crippen LogP contribution in [-0.2, 0) is 0 Å². The van der Waals surface area contributed by atoms with E-state index in [0.29, 0.717) is 15.1 Å². The van der Waals surface area contributed by atoms with E-state index in [1.807, 2.05) is 6.07 Å². The maximum Gasteiger partial charge on any atom is 0.0607 e. The summed E-state index contributed by atoms with van der Waals surface area (Å²) in [6.45, 7) is 2.23. The fourth-order valence-corrected chi connectivity index (χ4v) is 3.24. The zero-order chi connectivity index (χ0) is 12.7. The summed E-state index contributed by atoms with van der Waals surface area (Å²) in [5, 5.41) is 1.78. The van der Waals surface area contributed by atoms with Crippen molar-refractivity contribution in [3.8, 4) is 0 Å². The number of unbranched alkanes of at least 4 members (excludes halogenated alkanes) is 4. The summed E-state index contributed by atoms with van der Waals surface area (Å²) in [5.74, 6) is 1.08. The Morgan fingerprint density at radius 1 is 0.882 bits per heavy atom. The first-order valence-electron chi connectivity index (χ1n) is 5.92. The van der Waals surface area contributed by atoms with E-state index in [0.717, 1.165) is 10.6 Å². The van der Waals surface area contributed by atoms with Crippen molar-refractivity contribution in [3.05, 3.63) is 27.2 Å². The highest BCUT2D eigenvalue weighted by Gasteiger charge is 2.06. The average molecular weight is 312 g/mol. The quantitative estimate of drug-likeness (QED) is 0.306. The maximum atomic E-state index is 6.10. The molecule has 0 aliphatic rings. The van der Waals surface area contributed by atoms with Gasteiger partial charge in [0.25, 0.3) is 0 Å². The summed E-state index contributed by atoms with van der Waals surface area (Å²) in [7, 11) is 0. The van der Waals surface area contributed by atoms with Gasteiger partial charge in [0.15, 0.2) is 0 Å².